The fraction of sp³-hybridized carbons (Fsp3) is 0.0667. The first-order valence-electron chi connectivity index (χ1n) is 6.40. The first-order valence-corrected chi connectivity index (χ1v) is 6.40. The molecule has 0 aliphatic rings. The third-order valence-corrected chi connectivity index (χ3v) is 3.62. The van der Waals surface area contributed by atoms with Gasteiger partial charge >= 0.3 is 0 Å². The van der Waals surface area contributed by atoms with Crippen LogP contribution in [0.3, 0.4) is 0 Å². The highest BCUT2D eigenvalue weighted by atomic mass is 16.5. The smallest absolute Gasteiger partial charge is 0.143 e. The lowest BCUT2D eigenvalue weighted by Gasteiger charge is -2.00. The van der Waals surface area contributed by atoms with Crippen LogP contribution in [0.15, 0.2) is 47.6 Å². The van der Waals surface area contributed by atoms with Crippen LogP contribution in [0.1, 0.15) is 0 Å². The Kier molecular flexibility index (Phi) is 2.38. The van der Waals surface area contributed by atoms with Crippen molar-refractivity contribution in [2.45, 2.75) is 0 Å². The lowest BCUT2D eigenvalue weighted by atomic mass is 10.2. The van der Waals surface area contributed by atoms with Crippen LogP contribution in [0, 0.1) is 4.91 Å². The Bertz CT molecular complexity index is 1010. The molecule has 102 valence electrons. The van der Waals surface area contributed by atoms with E-state index in [2.05, 4.69) is 15.5 Å². The quantitative estimate of drug-likeness (QED) is 0.527. The first-order chi connectivity index (χ1) is 10.3. The summed E-state index contributed by atoms with van der Waals surface area (Å²) in [6.45, 7) is 0. The van der Waals surface area contributed by atoms with Crippen molar-refractivity contribution >= 4 is 33.0 Å². The van der Waals surface area contributed by atoms with E-state index in [1.54, 1.807) is 17.7 Å². The molecular formula is C15H10N4O2. The molecule has 0 spiro atoms. The van der Waals surface area contributed by atoms with Crippen LogP contribution in [-0.2, 0) is 0 Å². The predicted molar refractivity (Wildman–Crippen MR) is 80.0 cm³/mol. The maximum Gasteiger partial charge on any atom is 0.143 e. The molecule has 0 radical (unpaired) electrons. The highest BCUT2D eigenvalue weighted by molar-refractivity contribution is 6.10. The first kappa shape index (κ1) is 11.8. The zero-order valence-electron chi connectivity index (χ0n) is 11.1. The van der Waals surface area contributed by atoms with E-state index in [0.717, 1.165) is 16.4 Å². The van der Waals surface area contributed by atoms with Crippen molar-refractivity contribution in [3.63, 3.8) is 0 Å². The summed E-state index contributed by atoms with van der Waals surface area (Å²) in [5.74, 6) is 0.667. The van der Waals surface area contributed by atoms with Gasteiger partial charge in [0.25, 0.3) is 0 Å². The summed E-state index contributed by atoms with van der Waals surface area (Å²) in [6, 6.07) is 13.0. The zero-order chi connectivity index (χ0) is 14.4. The number of hydrogen-bond acceptors (Lipinski definition) is 5. The monoisotopic (exact) mass is 278 g/mol. The molecule has 21 heavy (non-hydrogen) atoms. The fourth-order valence-electron chi connectivity index (χ4n) is 2.65. The molecule has 0 saturated carbocycles. The molecule has 0 amide bonds. The second kappa shape index (κ2) is 4.24. The topological polar surface area (TPSA) is 68.8 Å². The van der Waals surface area contributed by atoms with Crippen LogP contribution in [0.25, 0.3) is 27.3 Å². The standard InChI is InChI=1S/C15H10N4O2/c1-21-9-6-7-13-11(8-9)14(17-20)15-10-4-2-3-5-12(10)16-18-19(13)15/h2-8H,1H3. The molecule has 4 rings (SSSR count). The molecule has 2 aromatic heterocycles. The van der Waals surface area contributed by atoms with E-state index in [1.165, 1.54) is 0 Å². The number of rotatable bonds is 2. The summed E-state index contributed by atoms with van der Waals surface area (Å²) >= 11 is 0. The minimum Gasteiger partial charge on any atom is -0.497 e. The van der Waals surface area contributed by atoms with Gasteiger partial charge in [-0.2, -0.15) is 0 Å². The number of nitroso groups, excluding NO2 is 1. The minimum atomic E-state index is 0.356. The Labute approximate surface area is 118 Å². The molecular weight excluding hydrogens is 268 g/mol. The van der Waals surface area contributed by atoms with Crippen molar-refractivity contribution in [2.75, 3.05) is 7.11 Å². The van der Waals surface area contributed by atoms with Crippen LogP contribution < -0.4 is 4.74 Å². The van der Waals surface area contributed by atoms with E-state index < -0.39 is 0 Å². The average Bonchev–Trinajstić information content (AvgIpc) is 2.87. The van der Waals surface area contributed by atoms with Gasteiger partial charge in [-0.3, -0.25) is 0 Å². The van der Waals surface area contributed by atoms with Gasteiger partial charge < -0.3 is 4.74 Å². The number of aromatic nitrogens is 3. The fourth-order valence-corrected chi connectivity index (χ4v) is 2.65. The molecule has 6 heteroatoms. The van der Waals surface area contributed by atoms with Crippen molar-refractivity contribution in [1.82, 2.24) is 14.8 Å². The summed E-state index contributed by atoms with van der Waals surface area (Å²) in [7, 11) is 1.58. The molecule has 0 aliphatic carbocycles. The number of hydrogen-bond donors (Lipinski definition) is 0. The molecule has 0 saturated heterocycles. The van der Waals surface area contributed by atoms with Crippen LogP contribution in [0.5, 0.6) is 5.75 Å². The Morgan fingerprint density at radius 1 is 1.14 bits per heavy atom. The highest BCUT2D eigenvalue weighted by Crippen LogP contribution is 2.37. The SMILES string of the molecule is COc1ccc2c(c1)c(N=O)c1c3ccccc3nnn21. The maximum atomic E-state index is 11.4. The number of ether oxygens (including phenoxy) is 1. The van der Waals surface area contributed by atoms with Gasteiger partial charge in [-0.25, -0.2) is 4.52 Å². The van der Waals surface area contributed by atoms with E-state index >= 15 is 0 Å². The number of benzene rings is 2. The Morgan fingerprint density at radius 2 is 2.00 bits per heavy atom. The Balaban J connectivity index is 2.30. The van der Waals surface area contributed by atoms with Gasteiger partial charge in [-0.15, -0.1) is 10.0 Å². The van der Waals surface area contributed by atoms with Crippen molar-refractivity contribution in [3.8, 4) is 5.75 Å². The van der Waals surface area contributed by atoms with Gasteiger partial charge in [0.15, 0.2) is 0 Å². The normalized spacial score (nSPS) is 11.3. The van der Waals surface area contributed by atoms with Gasteiger partial charge in [0.05, 0.1) is 18.1 Å². The summed E-state index contributed by atoms with van der Waals surface area (Å²) in [5, 5.41) is 13.1. The average molecular weight is 278 g/mol. The molecule has 6 nitrogen and oxygen atoms in total. The van der Waals surface area contributed by atoms with Crippen molar-refractivity contribution in [3.05, 3.63) is 47.4 Å². The van der Waals surface area contributed by atoms with Gasteiger partial charge in [-0.05, 0) is 29.4 Å². The highest BCUT2D eigenvalue weighted by Gasteiger charge is 2.17. The van der Waals surface area contributed by atoms with Crippen LogP contribution in [0.4, 0.5) is 5.69 Å². The zero-order valence-corrected chi connectivity index (χ0v) is 11.1. The lowest BCUT2D eigenvalue weighted by Crippen LogP contribution is -1.95. The number of methoxy groups -OCH3 is 1. The van der Waals surface area contributed by atoms with E-state index in [1.807, 2.05) is 36.4 Å². The van der Waals surface area contributed by atoms with E-state index in [9.17, 15) is 4.91 Å². The van der Waals surface area contributed by atoms with Gasteiger partial charge in [0.1, 0.15) is 17.0 Å². The summed E-state index contributed by atoms with van der Waals surface area (Å²) in [4.78, 5) is 11.4. The van der Waals surface area contributed by atoms with Crippen molar-refractivity contribution in [1.29, 1.82) is 0 Å². The van der Waals surface area contributed by atoms with Crippen LogP contribution >= 0.6 is 0 Å². The summed E-state index contributed by atoms with van der Waals surface area (Å²) in [5.41, 5.74) is 2.53. The number of fused-ring (bicyclic) bond motifs is 5. The summed E-state index contributed by atoms with van der Waals surface area (Å²) in [6.07, 6.45) is 0. The third kappa shape index (κ3) is 1.53. The molecule has 2 aromatic carbocycles. The predicted octanol–water partition coefficient (Wildman–Crippen LogP) is 3.44. The molecule has 0 atom stereocenters. The van der Waals surface area contributed by atoms with E-state index in [0.29, 0.717) is 22.3 Å². The molecule has 0 fully saturated rings. The van der Waals surface area contributed by atoms with E-state index in [-0.39, 0.29) is 0 Å². The van der Waals surface area contributed by atoms with Gasteiger partial charge in [0.2, 0.25) is 0 Å². The van der Waals surface area contributed by atoms with Crippen molar-refractivity contribution < 1.29 is 4.74 Å². The molecule has 2 heterocycles. The van der Waals surface area contributed by atoms with Crippen LogP contribution in [-0.4, -0.2) is 21.9 Å². The molecule has 0 N–H and O–H groups in total. The molecule has 0 bridgehead atoms. The number of nitrogens with zero attached hydrogens (tertiary/aromatic N) is 4. The molecule has 0 unspecified atom stereocenters. The van der Waals surface area contributed by atoms with E-state index in [4.69, 9.17) is 4.74 Å². The van der Waals surface area contributed by atoms with Gasteiger partial charge in [0, 0.05) is 10.8 Å². The molecule has 4 aromatic rings. The minimum absolute atomic E-state index is 0.356. The Hall–Kier alpha value is -3.02. The van der Waals surface area contributed by atoms with Crippen molar-refractivity contribution in [2.24, 2.45) is 5.18 Å². The lowest BCUT2D eigenvalue weighted by molar-refractivity contribution is 0.415. The molecule has 0 aliphatic heterocycles. The summed E-state index contributed by atoms with van der Waals surface area (Å²) < 4.78 is 6.86. The maximum absolute atomic E-state index is 11.4. The largest absolute Gasteiger partial charge is 0.497 e. The third-order valence-electron chi connectivity index (χ3n) is 3.62. The van der Waals surface area contributed by atoms with Crippen LogP contribution in [0.2, 0.25) is 0 Å². The van der Waals surface area contributed by atoms with Gasteiger partial charge in [-0.1, -0.05) is 23.4 Å². The second-order valence-corrected chi connectivity index (χ2v) is 4.69. The second-order valence-electron chi connectivity index (χ2n) is 4.69. The Morgan fingerprint density at radius 3 is 2.81 bits per heavy atom.